The lowest BCUT2D eigenvalue weighted by Crippen LogP contribution is -2.46. The fourth-order valence-electron chi connectivity index (χ4n) is 3.64. The molecule has 3 aromatic rings. The summed E-state index contributed by atoms with van der Waals surface area (Å²) >= 11 is 6.18. The van der Waals surface area contributed by atoms with Crippen molar-refractivity contribution < 1.29 is 26.4 Å². The van der Waals surface area contributed by atoms with Crippen molar-refractivity contribution in [1.29, 1.82) is 0 Å². The van der Waals surface area contributed by atoms with Gasteiger partial charge in [-0.05, 0) is 52.0 Å². The van der Waals surface area contributed by atoms with Gasteiger partial charge in [0.05, 0.1) is 15.5 Å². The molecule has 1 N–H and O–H groups in total. The lowest BCUT2D eigenvalue weighted by Gasteiger charge is -2.27. The van der Waals surface area contributed by atoms with E-state index >= 15 is 0 Å². The van der Waals surface area contributed by atoms with E-state index < -0.39 is 43.3 Å². The largest absolute Gasteiger partial charge is 0.444 e. The lowest BCUT2D eigenvalue weighted by molar-refractivity contribution is 0.0503. The number of sulfone groups is 1. The number of aromatic nitrogens is 1. The first kappa shape index (κ1) is 28.8. The Labute approximate surface area is 222 Å². The number of carbonyl (C=O) groups is 1. The van der Waals surface area contributed by atoms with Gasteiger partial charge in [0.15, 0.2) is 9.84 Å². The van der Waals surface area contributed by atoms with Crippen LogP contribution in [0.15, 0.2) is 70.6 Å². The van der Waals surface area contributed by atoms with Crippen LogP contribution in [-0.4, -0.2) is 62.7 Å². The normalized spacial score (nSPS) is 13.5. The fraction of sp³-hybridized carbons (Fsp3) is 0.360. The number of sulfonamides is 1. The maximum absolute atomic E-state index is 13.9. The summed E-state index contributed by atoms with van der Waals surface area (Å²) in [5.74, 6) is -0.456. The van der Waals surface area contributed by atoms with Gasteiger partial charge in [0.1, 0.15) is 10.8 Å². The number of benzene rings is 2. The molecular formula is C25H30ClN3O6S2. The van der Waals surface area contributed by atoms with Crippen LogP contribution >= 0.6 is 11.6 Å². The average molecular weight is 568 g/mol. The van der Waals surface area contributed by atoms with Crippen molar-refractivity contribution >= 4 is 48.3 Å². The van der Waals surface area contributed by atoms with Crippen LogP contribution < -0.4 is 5.32 Å². The van der Waals surface area contributed by atoms with Gasteiger partial charge in [-0.2, -0.15) is 4.31 Å². The van der Waals surface area contributed by atoms with Gasteiger partial charge in [-0.3, -0.25) is 0 Å². The highest BCUT2D eigenvalue weighted by atomic mass is 35.5. The summed E-state index contributed by atoms with van der Waals surface area (Å²) in [6.45, 7) is 6.22. The van der Waals surface area contributed by atoms with E-state index in [1.54, 1.807) is 58.0 Å². The van der Waals surface area contributed by atoms with Gasteiger partial charge in [0, 0.05) is 36.1 Å². The first-order valence-corrected chi connectivity index (χ1v) is 15.0. The Hall–Kier alpha value is -2.73. The first-order chi connectivity index (χ1) is 17.2. The van der Waals surface area contributed by atoms with Crippen molar-refractivity contribution in [3.8, 4) is 0 Å². The molecule has 0 radical (unpaired) electrons. The molecule has 2 aromatic carbocycles. The van der Waals surface area contributed by atoms with Crippen molar-refractivity contribution in [3.63, 3.8) is 0 Å². The monoisotopic (exact) mass is 567 g/mol. The maximum Gasteiger partial charge on any atom is 0.407 e. The number of hydrogen-bond acceptors (Lipinski definition) is 7. The third-order valence-corrected chi connectivity index (χ3v) is 9.22. The molecule has 0 aliphatic heterocycles. The number of ether oxygens (including phenoxy) is 1. The van der Waals surface area contributed by atoms with Gasteiger partial charge in [-0.15, -0.1) is 0 Å². The summed E-state index contributed by atoms with van der Waals surface area (Å²) in [5.41, 5.74) is -0.740. The number of pyridine rings is 1. The highest BCUT2D eigenvalue weighted by Gasteiger charge is 2.30. The Balaban J connectivity index is 1.95. The molecule has 37 heavy (non-hydrogen) atoms. The second-order valence-corrected chi connectivity index (χ2v) is 13.9. The van der Waals surface area contributed by atoms with Crippen molar-refractivity contribution in [2.45, 2.75) is 49.1 Å². The van der Waals surface area contributed by atoms with Gasteiger partial charge >= 0.3 is 6.09 Å². The molecule has 200 valence electrons. The zero-order chi connectivity index (χ0) is 27.4. The Morgan fingerprint density at radius 2 is 1.70 bits per heavy atom. The Morgan fingerprint density at radius 1 is 1.03 bits per heavy atom. The van der Waals surface area contributed by atoms with Crippen LogP contribution in [0.3, 0.4) is 0 Å². The van der Waals surface area contributed by atoms with Crippen LogP contribution in [0.2, 0.25) is 5.15 Å². The molecule has 0 bridgehead atoms. The number of nitrogens with one attached hydrogen (secondary N) is 1. The molecule has 1 amide bonds. The van der Waals surface area contributed by atoms with Gasteiger partial charge < -0.3 is 10.1 Å². The highest BCUT2D eigenvalue weighted by molar-refractivity contribution is 7.91. The molecule has 1 unspecified atom stereocenters. The van der Waals surface area contributed by atoms with Crippen LogP contribution in [0, 0.1) is 0 Å². The lowest BCUT2D eigenvalue weighted by atomic mass is 10.2. The van der Waals surface area contributed by atoms with Crippen LogP contribution in [0.1, 0.15) is 27.7 Å². The second-order valence-electron chi connectivity index (χ2n) is 9.50. The van der Waals surface area contributed by atoms with E-state index in [-0.39, 0.29) is 28.0 Å². The first-order valence-electron chi connectivity index (χ1n) is 11.5. The number of alkyl carbamates (subject to hydrolysis) is 1. The maximum atomic E-state index is 13.9. The van der Waals surface area contributed by atoms with E-state index in [1.165, 1.54) is 30.5 Å². The van der Waals surface area contributed by atoms with Gasteiger partial charge in [-0.25, -0.2) is 26.6 Å². The van der Waals surface area contributed by atoms with Crippen molar-refractivity contribution in [2.24, 2.45) is 0 Å². The molecule has 1 atom stereocenters. The van der Waals surface area contributed by atoms with E-state index in [0.29, 0.717) is 10.8 Å². The standard InChI is InChI=1S/C25H30ClN3O6S2/c1-18(28-24(30)35-25(2,3)4)17-29(15-16-36(31,32)19-9-6-5-7-10-19)37(33,34)22-12-8-11-21-20(22)13-14-27-23(21)26/h5-14,18H,15-17H2,1-4H3,(H,28,30). The summed E-state index contributed by atoms with van der Waals surface area (Å²) in [5, 5.41) is 3.56. The minimum Gasteiger partial charge on any atom is -0.444 e. The number of nitrogens with zero attached hydrogens (tertiary/aromatic N) is 2. The molecule has 0 aliphatic rings. The molecule has 0 saturated carbocycles. The number of rotatable bonds is 9. The molecule has 3 rings (SSSR count). The van der Waals surface area contributed by atoms with Crippen LogP contribution in [0.5, 0.6) is 0 Å². The summed E-state index contributed by atoms with van der Waals surface area (Å²) in [7, 11) is -8.00. The Bertz CT molecular complexity index is 1470. The summed E-state index contributed by atoms with van der Waals surface area (Å²) < 4.78 is 60.0. The number of carbonyl (C=O) groups excluding carboxylic acids is 1. The smallest absolute Gasteiger partial charge is 0.407 e. The van der Waals surface area contributed by atoms with Crippen LogP contribution in [-0.2, 0) is 24.6 Å². The topological polar surface area (TPSA) is 123 Å². The number of halogens is 1. The minimum atomic E-state index is -4.22. The molecule has 12 heteroatoms. The summed E-state index contributed by atoms with van der Waals surface area (Å²) in [6, 6.07) is 13.3. The third kappa shape index (κ3) is 7.41. The number of fused-ring (bicyclic) bond motifs is 1. The van der Waals surface area contributed by atoms with E-state index in [9.17, 15) is 21.6 Å². The number of amides is 1. The van der Waals surface area contributed by atoms with E-state index in [0.717, 1.165) is 4.31 Å². The van der Waals surface area contributed by atoms with Crippen LogP contribution in [0.4, 0.5) is 4.79 Å². The van der Waals surface area contributed by atoms with Gasteiger partial charge in [-0.1, -0.05) is 41.9 Å². The molecule has 0 fully saturated rings. The minimum absolute atomic E-state index is 0.0455. The predicted octanol–water partition coefficient (Wildman–Crippen LogP) is 4.27. The molecule has 0 saturated heterocycles. The average Bonchev–Trinajstić information content (AvgIpc) is 2.81. The van der Waals surface area contributed by atoms with Crippen molar-refractivity contribution in [1.82, 2.24) is 14.6 Å². The third-order valence-electron chi connectivity index (χ3n) is 5.29. The highest BCUT2D eigenvalue weighted by Crippen LogP contribution is 2.29. The van der Waals surface area contributed by atoms with Crippen molar-refractivity contribution in [2.75, 3.05) is 18.8 Å². The zero-order valence-corrected chi connectivity index (χ0v) is 23.4. The Morgan fingerprint density at radius 3 is 2.35 bits per heavy atom. The Kier molecular flexibility index (Phi) is 8.84. The van der Waals surface area contributed by atoms with Gasteiger partial charge in [0.25, 0.3) is 0 Å². The van der Waals surface area contributed by atoms with Crippen molar-refractivity contribution in [3.05, 3.63) is 65.9 Å². The molecule has 9 nitrogen and oxygen atoms in total. The zero-order valence-electron chi connectivity index (χ0n) is 21.0. The SMILES string of the molecule is CC(CN(CCS(=O)(=O)c1ccccc1)S(=O)(=O)c1cccc2c(Cl)nccc12)NC(=O)OC(C)(C)C. The molecular weight excluding hydrogens is 538 g/mol. The quantitative estimate of drug-likeness (QED) is 0.383. The molecule has 0 aliphatic carbocycles. The van der Waals surface area contributed by atoms with Crippen LogP contribution in [0.25, 0.3) is 10.8 Å². The van der Waals surface area contributed by atoms with E-state index in [1.807, 2.05) is 0 Å². The second kappa shape index (κ2) is 11.3. The van der Waals surface area contributed by atoms with E-state index in [4.69, 9.17) is 16.3 Å². The molecule has 1 aromatic heterocycles. The van der Waals surface area contributed by atoms with E-state index in [2.05, 4.69) is 10.3 Å². The predicted molar refractivity (Wildman–Crippen MR) is 143 cm³/mol. The molecule has 1 heterocycles. The fourth-order valence-corrected chi connectivity index (χ4v) is 6.98. The number of hydrogen-bond donors (Lipinski definition) is 1. The summed E-state index contributed by atoms with van der Waals surface area (Å²) in [4.78, 5) is 16.3. The van der Waals surface area contributed by atoms with Gasteiger partial charge in [0.2, 0.25) is 10.0 Å². The summed E-state index contributed by atoms with van der Waals surface area (Å²) in [6.07, 6.45) is 0.692. The molecule has 0 spiro atoms.